The van der Waals surface area contributed by atoms with Crippen molar-refractivity contribution in [2.75, 3.05) is 39.9 Å². The van der Waals surface area contributed by atoms with Crippen LogP contribution in [0.15, 0.2) is 59.6 Å². The summed E-state index contributed by atoms with van der Waals surface area (Å²) in [6.07, 6.45) is 1.68. The summed E-state index contributed by atoms with van der Waals surface area (Å²) in [6, 6.07) is 14.4. The van der Waals surface area contributed by atoms with Gasteiger partial charge in [-0.2, -0.15) is 0 Å². The highest BCUT2D eigenvalue weighted by Crippen LogP contribution is 2.34. The Bertz CT molecular complexity index is 709. The molecule has 1 aromatic carbocycles. The summed E-state index contributed by atoms with van der Waals surface area (Å²) in [7, 11) is -1.14. The number of benzene rings is 1. The van der Waals surface area contributed by atoms with E-state index in [4.69, 9.17) is 4.74 Å². The van der Waals surface area contributed by atoms with Crippen LogP contribution in [0, 0.1) is 0 Å². The Morgan fingerprint density at radius 3 is 2.40 bits per heavy atom. The van der Waals surface area contributed by atoms with Crippen molar-refractivity contribution in [1.82, 2.24) is 4.98 Å². The van der Waals surface area contributed by atoms with Crippen LogP contribution in [-0.4, -0.2) is 58.1 Å². The van der Waals surface area contributed by atoms with Crippen LogP contribution in [0.1, 0.15) is 10.9 Å². The van der Waals surface area contributed by atoms with Crippen molar-refractivity contribution in [3.05, 3.63) is 60.4 Å². The van der Waals surface area contributed by atoms with E-state index in [0.29, 0.717) is 34.8 Å². The molecule has 0 saturated carbocycles. The number of hydrogen-bond donors (Lipinski definition) is 1. The number of hydrogen-bond acceptors (Lipinski definition) is 3. The average Bonchev–Trinajstić information content (AvgIpc) is 2.62. The van der Waals surface area contributed by atoms with Crippen LogP contribution in [0.3, 0.4) is 0 Å². The zero-order valence-corrected chi connectivity index (χ0v) is 17.2. The summed E-state index contributed by atoms with van der Waals surface area (Å²) in [5, 5.41) is -0.552. The molecular weight excluding hydrogens is 451 g/mol. The zero-order valence-electron chi connectivity index (χ0n) is 14.3. The van der Waals surface area contributed by atoms with Crippen molar-refractivity contribution in [2.45, 2.75) is 10.1 Å². The van der Waals surface area contributed by atoms with Crippen molar-refractivity contribution < 1.29 is 42.0 Å². The molecule has 7 heteroatoms. The molecule has 137 valence electrons. The number of morpholine rings is 1. The number of nitrogens with zero attached hydrogens (tertiary/aromatic N) is 2. The third-order valence-electron chi connectivity index (χ3n) is 4.64. The van der Waals surface area contributed by atoms with E-state index < -0.39 is 15.5 Å². The van der Waals surface area contributed by atoms with Gasteiger partial charge in [-0.15, -0.1) is 0 Å². The molecule has 1 saturated heterocycles. The van der Waals surface area contributed by atoms with Crippen molar-refractivity contribution >= 4 is 10.2 Å². The smallest absolute Gasteiger partial charge is 0.142 e. The maximum atomic E-state index is 13.4. The second kappa shape index (κ2) is 8.68. The van der Waals surface area contributed by atoms with Crippen LogP contribution in [0.2, 0.25) is 0 Å². The van der Waals surface area contributed by atoms with E-state index in [1.807, 2.05) is 24.3 Å². The van der Waals surface area contributed by atoms with Crippen LogP contribution >= 0.6 is 0 Å². The molecule has 1 N–H and O–H groups in total. The first-order chi connectivity index (χ1) is 11.5. The Kier molecular flexibility index (Phi) is 7.10. The van der Waals surface area contributed by atoms with Gasteiger partial charge in [-0.25, -0.2) is 4.21 Å². The molecule has 1 radical (unpaired) electrons. The number of quaternary nitrogens is 1. The number of likely N-dealkylation sites (N-methyl/N-ethyl adjacent to an activating group) is 1. The molecule has 5 nitrogen and oxygen atoms in total. The fraction of sp³-hybridized carbons (Fsp3) is 0.389. The molecule has 25 heavy (non-hydrogen) atoms. The Hall–Kier alpha value is -0.870. The summed E-state index contributed by atoms with van der Waals surface area (Å²) in [4.78, 5) is 4.85. The summed E-state index contributed by atoms with van der Waals surface area (Å²) >= 11 is 0. The van der Waals surface area contributed by atoms with Crippen LogP contribution < -0.4 is 24.0 Å². The fourth-order valence-corrected chi connectivity index (χ4v) is 4.98. The van der Waals surface area contributed by atoms with E-state index in [9.17, 15) is 8.76 Å². The Balaban J connectivity index is 0.00000225. The molecule has 2 unspecified atom stereocenters. The summed E-state index contributed by atoms with van der Waals surface area (Å²) in [5.74, 6) is 0. The quantitative estimate of drug-likeness (QED) is 0.465. The number of rotatable bonds is 5. The van der Waals surface area contributed by atoms with Crippen molar-refractivity contribution in [3.8, 4) is 0 Å². The summed E-state index contributed by atoms with van der Waals surface area (Å²) < 4.78 is 30.5. The number of halogens is 1. The van der Waals surface area contributed by atoms with E-state index in [0.717, 1.165) is 13.1 Å². The van der Waals surface area contributed by atoms with Crippen LogP contribution in [0.25, 0.3) is 0 Å². The maximum absolute atomic E-state index is 13.4. The Morgan fingerprint density at radius 2 is 1.80 bits per heavy atom. The Morgan fingerprint density at radius 1 is 1.16 bits per heavy atom. The summed E-state index contributed by atoms with van der Waals surface area (Å²) in [6.45, 7) is 3.61. The van der Waals surface area contributed by atoms with Gasteiger partial charge < -0.3 is 37.7 Å². The van der Waals surface area contributed by atoms with E-state index in [2.05, 4.69) is 12.0 Å². The van der Waals surface area contributed by atoms with Crippen molar-refractivity contribution in [2.24, 2.45) is 0 Å². The van der Waals surface area contributed by atoms with E-state index >= 15 is 0 Å². The highest BCUT2D eigenvalue weighted by molar-refractivity contribution is 7.98. The largest absolute Gasteiger partial charge is 1.00 e. The lowest BCUT2D eigenvalue weighted by molar-refractivity contribution is -0.917. The zero-order chi connectivity index (χ0) is 17.0. The number of ether oxygens (including phenoxy) is 1. The molecule has 1 aliphatic rings. The van der Waals surface area contributed by atoms with Gasteiger partial charge in [-0.05, 0) is 24.3 Å². The van der Waals surface area contributed by atoms with Crippen LogP contribution in [0.5, 0.6) is 0 Å². The minimum atomic E-state index is -3.26. The van der Waals surface area contributed by atoms with Gasteiger partial charge in [0.2, 0.25) is 0 Å². The molecule has 1 fully saturated rings. The first-order valence-corrected chi connectivity index (χ1v) is 9.72. The lowest BCUT2D eigenvalue weighted by Crippen LogP contribution is -3.00. The topological polar surface area (TPSA) is 59.4 Å². The van der Waals surface area contributed by atoms with Crippen LogP contribution in [0.4, 0.5) is 0 Å². The average molecular weight is 475 g/mol. The van der Waals surface area contributed by atoms with E-state index in [1.54, 1.807) is 30.5 Å². The third kappa shape index (κ3) is 4.85. The second-order valence-corrected chi connectivity index (χ2v) is 8.66. The van der Waals surface area contributed by atoms with Gasteiger partial charge >= 0.3 is 0 Å². The molecular formula is C18H24IN2O3S. The lowest BCUT2D eigenvalue weighted by atomic mass is 10.2. The van der Waals surface area contributed by atoms with Crippen LogP contribution in [-0.2, 0) is 15.0 Å². The predicted molar refractivity (Wildman–Crippen MR) is 94.1 cm³/mol. The SMILES string of the molecule is C[N+]1(CC(c2ccccn2)[S](=O)(O)c2ccccc2)CCOCC1.[I-]. The molecule has 0 amide bonds. The first kappa shape index (κ1) is 20.4. The molecule has 0 aliphatic carbocycles. The van der Waals surface area contributed by atoms with E-state index in [-0.39, 0.29) is 24.0 Å². The molecule has 1 aromatic heterocycles. The number of aromatic nitrogens is 1. The van der Waals surface area contributed by atoms with Gasteiger partial charge in [0.1, 0.15) is 35.1 Å². The second-order valence-electron chi connectivity index (χ2n) is 6.49. The first-order valence-electron chi connectivity index (χ1n) is 8.14. The highest BCUT2D eigenvalue weighted by atomic mass is 127. The van der Waals surface area contributed by atoms with Gasteiger partial charge in [0.25, 0.3) is 0 Å². The fourth-order valence-electron chi connectivity index (χ4n) is 3.07. The molecule has 2 atom stereocenters. The van der Waals surface area contributed by atoms with Crippen molar-refractivity contribution in [3.63, 3.8) is 0 Å². The molecule has 3 rings (SSSR count). The van der Waals surface area contributed by atoms with Crippen molar-refractivity contribution in [1.29, 1.82) is 0 Å². The standard InChI is InChI=1S/C18H24N2O3S.HI/c1-20(11-13-23-14-12-20)15-18(17-9-5-6-10-19-17)24(21,22)16-7-3-2-4-8-16;/h2-10,18H,11-15H2,1H3,(H,21,22);1H/q+1;/p-1. The monoisotopic (exact) mass is 475 g/mol. The maximum Gasteiger partial charge on any atom is 0.142 e. The normalized spacial score (nSPS) is 20.1. The minimum absolute atomic E-state index is 0. The summed E-state index contributed by atoms with van der Waals surface area (Å²) in [5.41, 5.74) is 0.666. The van der Waals surface area contributed by atoms with Gasteiger partial charge in [-0.1, -0.05) is 24.3 Å². The molecule has 1 aliphatic heterocycles. The third-order valence-corrected chi connectivity index (χ3v) is 6.75. The molecule has 0 spiro atoms. The molecule has 2 aromatic rings. The predicted octanol–water partition coefficient (Wildman–Crippen LogP) is -0.580. The van der Waals surface area contributed by atoms with Gasteiger partial charge in [0.05, 0.1) is 30.9 Å². The number of pyridine rings is 1. The molecule has 0 bridgehead atoms. The lowest BCUT2D eigenvalue weighted by Gasteiger charge is -2.41. The Labute approximate surface area is 167 Å². The van der Waals surface area contributed by atoms with Gasteiger partial charge in [0, 0.05) is 6.20 Å². The van der Waals surface area contributed by atoms with E-state index in [1.165, 1.54) is 0 Å². The van der Waals surface area contributed by atoms with Gasteiger partial charge in [0.15, 0.2) is 0 Å². The highest BCUT2D eigenvalue weighted by Gasteiger charge is 2.39. The van der Waals surface area contributed by atoms with Gasteiger partial charge in [-0.3, -0.25) is 4.98 Å². The molecule has 2 heterocycles. The minimum Gasteiger partial charge on any atom is -1.00 e.